The van der Waals surface area contributed by atoms with Crippen molar-refractivity contribution in [3.8, 4) is 0 Å². The zero-order valence-corrected chi connectivity index (χ0v) is 16.1. The summed E-state index contributed by atoms with van der Waals surface area (Å²) in [4.78, 5) is 9.58. The molecule has 0 radical (unpaired) electrons. The zero-order valence-electron chi connectivity index (χ0n) is 12.2. The average molecular weight is 455 g/mol. The van der Waals surface area contributed by atoms with Crippen LogP contribution in [-0.2, 0) is 13.1 Å². The number of hydrogen-bond donors (Lipinski definition) is 2. The SMILES string of the molecule is CN=C(NCc1ccc(F)c(Cl)c1)NCc1ncc(C)s1.I. The molecule has 0 fully saturated rings. The van der Waals surface area contributed by atoms with E-state index in [1.807, 2.05) is 13.1 Å². The van der Waals surface area contributed by atoms with Gasteiger partial charge in [0.2, 0.25) is 0 Å². The van der Waals surface area contributed by atoms with Crippen molar-refractivity contribution in [1.29, 1.82) is 0 Å². The van der Waals surface area contributed by atoms with E-state index in [4.69, 9.17) is 11.6 Å². The molecule has 0 aliphatic carbocycles. The maximum absolute atomic E-state index is 13.1. The van der Waals surface area contributed by atoms with Gasteiger partial charge in [0.05, 0.1) is 11.6 Å². The number of halogens is 3. The predicted octanol–water partition coefficient (Wildman–Crippen LogP) is 3.73. The molecule has 0 spiro atoms. The summed E-state index contributed by atoms with van der Waals surface area (Å²) < 4.78 is 13.1. The summed E-state index contributed by atoms with van der Waals surface area (Å²) >= 11 is 7.39. The van der Waals surface area contributed by atoms with Gasteiger partial charge in [-0.1, -0.05) is 17.7 Å². The van der Waals surface area contributed by atoms with Crippen LogP contribution in [0.4, 0.5) is 4.39 Å². The molecule has 0 saturated heterocycles. The minimum Gasteiger partial charge on any atom is -0.352 e. The summed E-state index contributed by atoms with van der Waals surface area (Å²) in [6.45, 7) is 3.14. The third kappa shape index (κ3) is 5.69. The zero-order chi connectivity index (χ0) is 15.2. The molecule has 2 N–H and O–H groups in total. The van der Waals surface area contributed by atoms with Crippen LogP contribution in [0.2, 0.25) is 5.02 Å². The molecule has 2 aromatic rings. The molecule has 0 bridgehead atoms. The van der Waals surface area contributed by atoms with Crippen molar-refractivity contribution in [1.82, 2.24) is 15.6 Å². The number of guanidine groups is 1. The first kappa shape index (κ1) is 19.1. The minimum atomic E-state index is -0.415. The fourth-order valence-corrected chi connectivity index (χ4v) is 2.63. The van der Waals surface area contributed by atoms with Crippen LogP contribution in [-0.4, -0.2) is 18.0 Å². The standard InChI is InChI=1S/C14H16ClFN4S.HI/c1-9-6-18-13(21-9)8-20-14(17-2)19-7-10-3-4-12(16)11(15)5-10;/h3-6H,7-8H2,1-2H3,(H2,17,19,20);1H. The molecule has 0 atom stereocenters. The highest BCUT2D eigenvalue weighted by Gasteiger charge is 2.04. The van der Waals surface area contributed by atoms with E-state index in [1.165, 1.54) is 10.9 Å². The molecule has 0 aliphatic heterocycles. The largest absolute Gasteiger partial charge is 0.352 e. The summed E-state index contributed by atoms with van der Waals surface area (Å²) in [5.41, 5.74) is 0.884. The predicted molar refractivity (Wildman–Crippen MR) is 101 cm³/mol. The summed E-state index contributed by atoms with van der Waals surface area (Å²) in [7, 11) is 1.69. The van der Waals surface area contributed by atoms with Crippen LogP contribution < -0.4 is 10.6 Å². The maximum atomic E-state index is 13.1. The highest BCUT2D eigenvalue weighted by molar-refractivity contribution is 14.0. The Balaban J connectivity index is 0.00000242. The molecule has 0 amide bonds. The van der Waals surface area contributed by atoms with Gasteiger partial charge in [0.1, 0.15) is 10.8 Å². The number of rotatable bonds is 4. The van der Waals surface area contributed by atoms with Gasteiger partial charge >= 0.3 is 0 Å². The van der Waals surface area contributed by atoms with Crippen LogP contribution in [0, 0.1) is 12.7 Å². The Kier molecular flexibility index (Phi) is 8.05. The number of thiazole rings is 1. The Morgan fingerprint density at radius 2 is 2.09 bits per heavy atom. The second kappa shape index (κ2) is 9.26. The number of aryl methyl sites for hydroxylation is 1. The van der Waals surface area contributed by atoms with E-state index < -0.39 is 5.82 Å². The van der Waals surface area contributed by atoms with Crippen LogP contribution >= 0.6 is 46.9 Å². The first-order valence-electron chi connectivity index (χ1n) is 6.38. The first-order valence-corrected chi connectivity index (χ1v) is 7.57. The summed E-state index contributed by atoms with van der Waals surface area (Å²) in [6, 6.07) is 4.64. The van der Waals surface area contributed by atoms with E-state index in [9.17, 15) is 4.39 Å². The molecule has 0 unspecified atom stereocenters. The molecule has 1 heterocycles. The smallest absolute Gasteiger partial charge is 0.191 e. The average Bonchev–Trinajstić information content (AvgIpc) is 2.88. The molecule has 0 saturated carbocycles. The van der Waals surface area contributed by atoms with Gasteiger partial charge in [0, 0.05) is 24.7 Å². The molecule has 120 valence electrons. The minimum absolute atomic E-state index is 0. The van der Waals surface area contributed by atoms with Crippen molar-refractivity contribution < 1.29 is 4.39 Å². The van der Waals surface area contributed by atoms with Crippen molar-refractivity contribution >= 4 is 52.9 Å². The number of nitrogens with zero attached hydrogens (tertiary/aromatic N) is 2. The molecule has 1 aromatic carbocycles. The molecule has 1 aromatic heterocycles. The maximum Gasteiger partial charge on any atom is 0.191 e. The molecular formula is C14H17ClFIN4S. The quantitative estimate of drug-likeness (QED) is 0.420. The van der Waals surface area contributed by atoms with Crippen molar-refractivity contribution in [2.45, 2.75) is 20.0 Å². The van der Waals surface area contributed by atoms with Crippen molar-refractivity contribution in [3.05, 3.63) is 50.7 Å². The van der Waals surface area contributed by atoms with E-state index >= 15 is 0 Å². The second-order valence-electron chi connectivity index (χ2n) is 4.39. The lowest BCUT2D eigenvalue weighted by Gasteiger charge is -2.11. The Morgan fingerprint density at radius 1 is 1.36 bits per heavy atom. The Hall–Kier alpha value is -0.930. The Labute approximate surface area is 155 Å². The number of nitrogens with one attached hydrogen (secondary N) is 2. The monoisotopic (exact) mass is 454 g/mol. The lowest BCUT2D eigenvalue weighted by atomic mass is 10.2. The van der Waals surface area contributed by atoms with E-state index in [-0.39, 0.29) is 29.0 Å². The molecule has 4 nitrogen and oxygen atoms in total. The van der Waals surface area contributed by atoms with Crippen LogP contribution in [0.25, 0.3) is 0 Å². The van der Waals surface area contributed by atoms with Gasteiger partial charge in [-0.3, -0.25) is 4.99 Å². The van der Waals surface area contributed by atoms with Gasteiger partial charge in [-0.05, 0) is 24.6 Å². The molecule has 22 heavy (non-hydrogen) atoms. The Morgan fingerprint density at radius 3 is 2.68 bits per heavy atom. The lowest BCUT2D eigenvalue weighted by molar-refractivity contribution is 0.627. The third-order valence-corrected chi connectivity index (χ3v) is 3.95. The van der Waals surface area contributed by atoms with E-state index in [0.29, 0.717) is 19.0 Å². The van der Waals surface area contributed by atoms with Gasteiger partial charge < -0.3 is 10.6 Å². The van der Waals surface area contributed by atoms with Crippen LogP contribution in [0.3, 0.4) is 0 Å². The lowest BCUT2D eigenvalue weighted by Crippen LogP contribution is -2.36. The highest BCUT2D eigenvalue weighted by Crippen LogP contribution is 2.15. The summed E-state index contributed by atoms with van der Waals surface area (Å²) in [5, 5.41) is 7.44. The van der Waals surface area contributed by atoms with Gasteiger partial charge in [-0.15, -0.1) is 35.3 Å². The molecule has 8 heteroatoms. The number of hydrogen-bond acceptors (Lipinski definition) is 3. The van der Waals surface area contributed by atoms with E-state index in [0.717, 1.165) is 10.6 Å². The van der Waals surface area contributed by atoms with E-state index in [2.05, 4.69) is 20.6 Å². The topological polar surface area (TPSA) is 49.3 Å². The normalized spacial score (nSPS) is 11.0. The van der Waals surface area contributed by atoms with Gasteiger partial charge in [0.15, 0.2) is 5.96 Å². The first-order chi connectivity index (χ1) is 10.1. The fraction of sp³-hybridized carbons (Fsp3) is 0.286. The fourth-order valence-electron chi connectivity index (χ4n) is 1.70. The number of benzene rings is 1. The summed E-state index contributed by atoms with van der Waals surface area (Å²) in [6.07, 6.45) is 1.85. The van der Waals surface area contributed by atoms with Crippen LogP contribution in [0.15, 0.2) is 29.4 Å². The van der Waals surface area contributed by atoms with Crippen molar-refractivity contribution in [2.75, 3.05) is 7.05 Å². The van der Waals surface area contributed by atoms with Gasteiger partial charge in [-0.25, -0.2) is 9.37 Å². The molecule has 2 rings (SSSR count). The van der Waals surface area contributed by atoms with Gasteiger partial charge in [-0.2, -0.15) is 0 Å². The van der Waals surface area contributed by atoms with Gasteiger partial charge in [0.25, 0.3) is 0 Å². The third-order valence-electron chi connectivity index (χ3n) is 2.74. The van der Waals surface area contributed by atoms with Crippen LogP contribution in [0.1, 0.15) is 15.4 Å². The van der Waals surface area contributed by atoms with E-state index in [1.54, 1.807) is 30.5 Å². The second-order valence-corrected chi connectivity index (χ2v) is 6.12. The molecular weight excluding hydrogens is 438 g/mol. The highest BCUT2D eigenvalue weighted by atomic mass is 127. The molecule has 0 aliphatic rings. The van der Waals surface area contributed by atoms with Crippen molar-refractivity contribution in [3.63, 3.8) is 0 Å². The van der Waals surface area contributed by atoms with Crippen molar-refractivity contribution in [2.24, 2.45) is 4.99 Å². The summed E-state index contributed by atoms with van der Waals surface area (Å²) in [5.74, 6) is 0.241. The number of aromatic nitrogens is 1. The van der Waals surface area contributed by atoms with Crippen LogP contribution in [0.5, 0.6) is 0 Å². The number of aliphatic imine (C=N–C) groups is 1. The Bertz CT molecular complexity index is 648.